The Morgan fingerprint density at radius 3 is 2.67 bits per heavy atom. The van der Waals surface area contributed by atoms with Crippen LogP contribution in [0, 0.1) is 0 Å². The molecule has 0 spiro atoms. The number of thiocarbonyl (C=S) groups is 1. The average molecular weight is 302 g/mol. The Hall–Kier alpha value is -2.14. The highest BCUT2D eigenvalue weighted by atomic mass is 32.1. The standard InChI is InChI=1S/C16H18N2O2S/c1-3-10-20-14-7-5-4-6-11(14)13-9-8-12(15(17)21)16(19)18(13)2/h4-9H,3,10H2,1-2H3,(H2,17,21). The molecule has 1 aromatic carbocycles. The summed E-state index contributed by atoms with van der Waals surface area (Å²) >= 11 is 4.89. The second kappa shape index (κ2) is 6.54. The number of nitrogens with zero attached hydrogens (tertiary/aromatic N) is 1. The maximum absolute atomic E-state index is 12.3. The Balaban J connectivity index is 2.55. The second-order valence-corrected chi connectivity index (χ2v) is 5.15. The summed E-state index contributed by atoms with van der Waals surface area (Å²) in [7, 11) is 1.70. The summed E-state index contributed by atoms with van der Waals surface area (Å²) in [6, 6.07) is 11.2. The molecule has 0 fully saturated rings. The molecule has 21 heavy (non-hydrogen) atoms. The fraction of sp³-hybridized carbons (Fsp3) is 0.250. The molecule has 0 unspecified atom stereocenters. The molecule has 0 aliphatic heterocycles. The van der Waals surface area contributed by atoms with Crippen LogP contribution in [0.2, 0.25) is 0 Å². The van der Waals surface area contributed by atoms with Gasteiger partial charge >= 0.3 is 0 Å². The van der Waals surface area contributed by atoms with E-state index in [0.717, 1.165) is 23.4 Å². The largest absolute Gasteiger partial charge is 0.493 e. The molecule has 0 aliphatic carbocycles. The summed E-state index contributed by atoms with van der Waals surface area (Å²) in [5.74, 6) is 0.762. The number of nitrogens with two attached hydrogens (primary N) is 1. The van der Waals surface area contributed by atoms with Crippen LogP contribution in [0.15, 0.2) is 41.2 Å². The van der Waals surface area contributed by atoms with E-state index < -0.39 is 0 Å². The lowest BCUT2D eigenvalue weighted by Gasteiger charge is -2.14. The van der Waals surface area contributed by atoms with E-state index in [1.54, 1.807) is 17.7 Å². The van der Waals surface area contributed by atoms with Crippen molar-refractivity contribution >= 4 is 17.2 Å². The number of hydrogen-bond donors (Lipinski definition) is 1. The molecule has 0 saturated heterocycles. The van der Waals surface area contributed by atoms with E-state index in [1.807, 2.05) is 30.3 Å². The van der Waals surface area contributed by atoms with Gasteiger partial charge in [-0.1, -0.05) is 31.3 Å². The van der Waals surface area contributed by atoms with Crippen LogP contribution in [-0.2, 0) is 7.05 Å². The zero-order valence-corrected chi connectivity index (χ0v) is 12.9. The summed E-state index contributed by atoms with van der Waals surface area (Å²) in [6.45, 7) is 2.69. The highest BCUT2D eigenvalue weighted by Gasteiger charge is 2.12. The molecule has 2 aromatic rings. The molecular formula is C16H18N2O2S. The van der Waals surface area contributed by atoms with Crippen LogP contribution in [0.25, 0.3) is 11.3 Å². The predicted octanol–water partition coefficient (Wildman–Crippen LogP) is 2.48. The van der Waals surface area contributed by atoms with Gasteiger partial charge in [-0.15, -0.1) is 0 Å². The van der Waals surface area contributed by atoms with Gasteiger partial charge in [-0.05, 0) is 30.7 Å². The number of hydrogen-bond acceptors (Lipinski definition) is 3. The summed E-state index contributed by atoms with van der Waals surface area (Å²) in [4.78, 5) is 12.4. The Morgan fingerprint density at radius 1 is 1.29 bits per heavy atom. The van der Waals surface area contributed by atoms with Crippen molar-refractivity contribution in [3.63, 3.8) is 0 Å². The number of pyridine rings is 1. The van der Waals surface area contributed by atoms with Gasteiger partial charge in [-0.3, -0.25) is 4.79 Å². The van der Waals surface area contributed by atoms with Crippen LogP contribution >= 0.6 is 12.2 Å². The molecule has 4 nitrogen and oxygen atoms in total. The summed E-state index contributed by atoms with van der Waals surface area (Å²) < 4.78 is 7.29. The number of aromatic nitrogens is 1. The number of para-hydroxylation sites is 1. The predicted molar refractivity (Wildman–Crippen MR) is 88.8 cm³/mol. The molecule has 2 N–H and O–H groups in total. The topological polar surface area (TPSA) is 57.2 Å². The van der Waals surface area contributed by atoms with Gasteiger partial charge in [0.25, 0.3) is 5.56 Å². The van der Waals surface area contributed by atoms with E-state index in [4.69, 9.17) is 22.7 Å². The fourth-order valence-electron chi connectivity index (χ4n) is 2.11. The number of benzene rings is 1. The minimum absolute atomic E-state index is 0.109. The molecule has 5 heteroatoms. The van der Waals surface area contributed by atoms with Crippen molar-refractivity contribution in [1.82, 2.24) is 4.57 Å². The van der Waals surface area contributed by atoms with E-state index in [1.165, 1.54) is 0 Å². The molecule has 0 radical (unpaired) electrons. The van der Waals surface area contributed by atoms with Crippen molar-refractivity contribution in [3.05, 3.63) is 52.3 Å². The van der Waals surface area contributed by atoms with Gasteiger partial charge in [0.15, 0.2) is 0 Å². The summed E-state index contributed by atoms with van der Waals surface area (Å²) in [6.07, 6.45) is 0.924. The average Bonchev–Trinajstić information content (AvgIpc) is 2.48. The second-order valence-electron chi connectivity index (χ2n) is 4.71. The van der Waals surface area contributed by atoms with Crippen molar-refractivity contribution in [1.29, 1.82) is 0 Å². The van der Waals surface area contributed by atoms with Crippen molar-refractivity contribution < 1.29 is 4.74 Å². The maximum Gasteiger partial charge on any atom is 0.261 e. The van der Waals surface area contributed by atoms with Crippen LogP contribution < -0.4 is 16.0 Å². The van der Waals surface area contributed by atoms with Crippen LogP contribution in [0.4, 0.5) is 0 Å². The molecule has 0 aliphatic rings. The number of ether oxygens (including phenoxy) is 1. The molecule has 0 atom stereocenters. The monoisotopic (exact) mass is 302 g/mol. The van der Waals surface area contributed by atoms with Crippen LogP contribution in [-0.4, -0.2) is 16.2 Å². The first kappa shape index (κ1) is 15.3. The van der Waals surface area contributed by atoms with Gasteiger partial charge in [0.05, 0.1) is 17.9 Å². The van der Waals surface area contributed by atoms with E-state index in [9.17, 15) is 4.79 Å². The lowest BCUT2D eigenvalue weighted by atomic mass is 10.1. The number of rotatable bonds is 5. The molecule has 2 rings (SSSR count). The summed E-state index contributed by atoms with van der Waals surface area (Å²) in [5, 5.41) is 0. The van der Waals surface area contributed by atoms with Crippen molar-refractivity contribution in [2.24, 2.45) is 12.8 Å². The van der Waals surface area contributed by atoms with E-state index in [2.05, 4.69) is 6.92 Å². The van der Waals surface area contributed by atoms with E-state index in [-0.39, 0.29) is 10.5 Å². The third kappa shape index (κ3) is 3.13. The van der Waals surface area contributed by atoms with Crippen LogP contribution in [0.1, 0.15) is 18.9 Å². The van der Waals surface area contributed by atoms with Gasteiger partial charge in [0, 0.05) is 12.6 Å². The normalized spacial score (nSPS) is 10.4. The zero-order valence-electron chi connectivity index (χ0n) is 12.1. The van der Waals surface area contributed by atoms with Crippen LogP contribution in [0.3, 0.4) is 0 Å². The highest BCUT2D eigenvalue weighted by Crippen LogP contribution is 2.29. The fourth-order valence-corrected chi connectivity index (χ4v) is 2.26. The SMILES string of the molecule is CCCOc1ccccc1-c1ccc(C(N)=S)c(=O)n1C. The zero-order chi connectivity index (χ0) is 15.4. The first-order valence-electron chi connectivity index (χ1n) is 6.78. The van der Waals surface area contributed by atoms with Crippen molar-refractivity contribution in [3.8, 4) is 17.0 Å². The van der Waals surface area contributed by atoms with E-state index in [0.29, 0.717) is 12.2 Å². The minimum Gasteiger partial charge on any atom is -0.493 e. The summed E-state index contributed by atoms with van der Waals surface area (Å²) in [5.41, 5.74) is 7.35. The van der Waals surface area contributed by atoms with Crippen molar-refractivity contribution in [2.75, 3.05) is 6.61 Å². The Bertz CT molecular complexity index is 722. The molecule has 110 valence electrons. The molecule has 1 aromatic heterocycles. The first-order valence-corrected chi connectivity index (χ1v) is 7.19. The van der Waals surface area contributed by atoms with E-state index >= 15 is 0 Å². The lowest BCUT2D eigenvalue weighted by Crippen LogP contribution is -2.28. The third-order valence-electron chi connectivity index (χ3n) is 3.19. The maximum atomic E-state index is 12.3. The highest BCUT2D eigenvalue weighted by molar-refractivity contribution is 7.80. The smallest absolute Gasteiger partial charge is 0.261 e. The molecule has 0 saturated carbocycles. The Morgan fingerprint density at radius 2 is 2.00 bits per heavy atom. The Labute approximate surface area is 129 Å². The molecular weight excluding hydrogens is 284 g/mol. The van der Waals surface area contributed by atoms with Crippen molar-refractivity contribution in [2.45, 2.75) is 13.3 Å². The Kier molecular flexibility index (Phi) is 4.75. The van der Waals surface area contributed by atoms with Gasteiger partial charge < -0.3 is 15.0 Å². The molecule has 1 heterocycles. The molecule has 0 bridgehead atoms. The van der Waals surface area contributed by atoms with Gasteiger partial charge in [-0.2, -0.15) is 0 Å². The first-order chi connectivity index (χ1) is 10.1. The molecule has 0 amide bonds. The lowest BCUT2D eigenvalue weighted by molar-refractivity contribution is 0.318. The minimum atomic E-state index is -0.203. The third-order valence-corrected chi connectivity index (χ3v) is 3.41. The van der Waals surface area contributed by atoms with Gasteiger partial charge in [0.2, 0.25) is 0 Å². The van der Waals surface area contributed by atoms with Gasteiger partial charge in [-0.25, -0.2) is 0 Å². The van der Waals surface area contributed by atoms with Crippen LogP contribution in [0.5, 0.6) is 5.75 Å². The van der Waals surface area contributed by atoms with Gasteiger partial charge in [0.1, 0.15) is 10.7 Å². The quantitative estimate of drug-likeness (QED) is 0.862.